The molecular formula is C20H14O2. The number of phenols is 2. The van der Waals surface area contributed by atoms with Crippen LogP contribution in [-0.2, 0) is 12.8 Å². The number of hydrogen-bond donors (Lipinski definition) is 2. The minimum atomic E-state index is -0.0221. The molecule has 0 bridgehead atoms. The van der Waals surface area contributed by atoms with Crippen LogP contribution in [0.25, 0.3) is 32.3 Å². The molecule has 0 fully saturated rings. The van der Waals surface area contributed by atoms with Gasteiger partial charge in [0.2, 0.25) is 0 Å². The predicted octanol–water partition coefficient (Wildman–Crippen LogP) is 4.66. The summed E-state index contributed by atoms with van der Waals surface area (Å²) in [6.07, 6.45) is 1.87. The van der Waals surface area contributed by atoms with Gasteiger partial charge in [-0.3, -0.25) is 0 Å². The summed E-state index contributed by atoms with van der Waals surface area (Å²) >= 11 is 0. The molecule has 0 saturated heterocycles. The van der Waals surface area contributed by atoms with Gasteiger partial charge in [0.15, 0.2) is 11.5 Å². The first-order valence-electron chi connectivity index (χ1n) is 7.55. The zero-order chi connectivity index (χ0) is 14.8. The van der Waals surface area contributed by atoms with Crippen LogP contribution in [0.3, 0.4) is 0 Å². The first kappa shape index (κ1) is 11.9. The summed E-state index contributed by atoms with van der Waals surface area (Å²) in [7, 11) is 0. The first-order valence-corrected chi connectivity index (χ1v) is 7.55. The highest BCUT2D eigenvalue weighted by molar-refractivity contribution is 6.21. The molecule has 2 nitrogen and oxygen atoms in total. The Morgan fingerprint density at radius 3 is 2.23 bits per heavy atom. The van der Waals surface area contributed by atoms with E-state index < -0.39 is 0 Å². The fourth-order valence-electron chi connectivity index (χ4n) is 3.93. The Balaban J connectivity index is 2.14. The third kappa shape index (κ3) is 1.34. The van der Waals surface area contributed by atoms with Gasteiger partial charge in [0, 0.05) is 5.39 Å². The van der Waals surface area contributed by atoms with Crippen LogP contribution in [0.2, 0.25) is 0 Å². The van der Waals surface area contributed by atoms with E-state index in [1.54, 1.807) is 6.07 Å². The second kappa shape index (κ2) is 3.92. The number of hydrogen-bond acceptors (Lipinski definition) is 2. The van der Waals surface area contributed by atoms with Crippen LogP contribution in [0.5, 0.6) is 11.5 Å². The molecule has 4 aromatic rings. The first-order chi connectivity index (χ1) is 10.7. The molecule has 0 radical (unpaired) electrons. The van der Waals surface area contributed by atoms with Gasteiger partial charge in [-0.1, -0.05) is 36.4 Å². The Bertz CT molecular complexity index is 1090. The van der Waals surface area contributed by atoms with E-state index in [9.17, 15) is 10.2 Å². The molecule has 0 heterocycles. The van der Waals surface area contributed by atoms with Gasteiger partial charge in [-0.15, -0.1) is 0 Å². The molecule has 0 spiro atoms. The molecule has 1 aliphatic carbocycles. The predicted molar refractivity (Wildman–Crippen MR) is 89.7 cm³/mol. The largest absolute Gasteiger partial charge is 0.504 e. The SMILES string of the molecule is Oc1cc2c3c(ccc4c5ccccc5cc(c43)CC2)c1O. The van der Waals surface area contributed by atoms with Gasteiger partial charge in [0.1, 0.15) is 0 Å². The lowest BCUT2D eigenvalue weighted by molar-refractivity contribution is 0.407. The van der Waals surface area contributed by atoms with Crippen molar-refractivity contribution in [2.75, 3.05) is 0 Å². The highest BCUT2D eigenvalue weighted by Gasteiger charge is 2.20. The van der Waals surface area contributed by atoms with Crippen LogP contribution in [-0.4, -0.2) is 10.2 Å². The molecule has 2 N–H and O–H groups in total. The van der Waals surface area contributed by atoms with Crippen molar-refractivity contribution < 1.29 is 10.2 Å². The Hall–Kier alpha value is -2.74. The maximum absolute atomic E-state index is 10.2. The third-order valence-corrected chi connectivity index (χ3v) is 4.90. The second-order valence-electron chi connectivity index (χ2n) is 6.07. The van der Waals surface area contributed by atoms with Crippen molar-refractivity contribution >= 4 is 32.3 Å². The van der Waals surface area contributed by atoms with Crippen molar-refractivity contribution in [3.63, 3.8) is 0 Å². The average molecular weight is 286 g/mol. The molecule has 0 atom stereocenters. The molecule has 0 amide bonds. The van der Waals surface area contributed by atoms with Crippen molar-refractivity contribution in [3.05, 3.63) is 59.7 Å². The van der Waals surface area contributed by atoms with Gasteiger partial charge in [0.05, 0.1) is 0 Å². The van der Waals surface area contributed by atoms with Crippen molar-refractivity contribution in [1.29, 1.82) is 0 Å². The van der Waals surface area contributed by atoms with Crippen LogP contribution in [0.1, 0.15) is 11.1 Å². The number of rotatable bonds is 0. The monoisotopic (exact) mass is 286 g/mol. The van der Waals surface area contributed by atoms with Gasteiger partial charge in [-0.25, -0.2) is 0 Å². The lowest BCUT2D eigenvalue weighted by atomic mass is 9.84. The van der Waals surface area contributed by atoms with E-state index >= 15 is 0 Å². The summed E-state index contributed by atoms with van der Waals surface area (Å²) in [5.41, 5.74) is 2.45. The molecule has 5 rings (SSSR count). The molecular weight excluding hydrogens is 272 g/mol. The maximum atomic E-state index is 10.2. The number of phenolic OH excluding ortho intramolecular Hbond substituents is 2. The van der Waals surface area contributed by atoms with Gasteiger partial charge < -0.3 is 10.2 Å². The van der Waals surface area contributed by atoms with E-state index in [-0.39, 0.29) is 11.5 Å². The van der Waals surface area contributed by atoms with Gasteiger partial charge in [0.25, 0.3) is 0 Å². The average Bonchev–Trinajstić information content (AvgIpc) is 2.55. The summed E-state index contributed by atoms with van der Waals surface area (Å²) in [4.78, 5) is 0. The summed E-state index contributed by atoms with van der Waals surface area (Å²) in [6.45, 7) is 0. The Kier molecular flexibility index (Phi) is 2.11. The van der Waals surface area contributed by atoms with Gasteiger partial charge in [-0.05, 0) is 63.0 Å². The van der Waals surface area contributed by atoms with Crippen molar-refractivity contribution in [2.45, 2.75) is 12.8 Å². The highest BCUT2D eigenvalue weighted by Crippen LogP contribution is 2.44. The highest BCUT2D eigenvalue weighted by atomic mass is 16.3. The second-order valence-corrected chi connectivity index (χ2v) is 6.07. The van der Waals surface area contributed by atoms with Crippen LogP contribution >= 0.6 is 0 Å². The topological polar surface area (TPSA) is 40.5 Å². The minimum absolute atomic E-state index is 0.0124. The molecule has 2 heteroatoms. The van der Waals surface area contributed by atoms with Crippen molar-refractivity contribution in [2.24, 2.45) is 0 Å². The summed E-state index contributed by atoms with van der Waals surface area (Å²) in [5.74, 6) is -0.0345. The van der Waals surface area contributed by atoms with Crippen LogP contribution in [0.4, 0.5) is 0 Å². The smallest absolute Gasteiger partial charge is 0.165 e. The van der Waals surface area contributed by atoms with E-state index in [1.807, 2.05) is 6.07 Å². The Morgan fingerprint density at radius 1 is 0.682 bits per heavy atom. The van der Waals surface area contributed by atoms with Gasteiger partial charge in [-0.2, -0.15) is 0 Å². The molecule has 4 aromatic carbocycles. The fourth-order valence-corrected chi connectivity index (χ4v) is 3.93. The number of benzene rings is 4. The molecule has 106 valence electrons. The molecule has 0 aliphatic heterocycles. The summed E-state index contributed by atoms with van der Waals surface area (Å²) in [5, 5.41) is 27.0. The molecule has 1 aliphatic rings. The lowest BCUT2D eigenvalue weighted by Crippen LogP contribution is -2.02. The normalized spacial score (nSPS) is 13.5. The fraction of sp³-hybridized carbons (Fsp3) is 0.100. The zero-order valence-electron chi connectivity index (χ0n) is 11.9. The quantitative estimate of drug-likeness (QED) is 0.365. The number of aromatic hydroxyl groups is 2. The van der Waals surface area contributed by atoms with E-state index in [0.29, 0.717) is 0 Å². The standard InChI is InChI=1S/C20H14O2/c21-17-10-13-6-5-12-9-11-3-1-2-4-14(11)15-7-8-16(20(17)22)19(13)18(12)15/h1-4,7-10,21-22H,5-6H2. The zero-order valence-corrected chi connectivity index (χ0v) is 11.9. The summed E-state index contributed by atoms with van der Waals surface area (Å²) < 4.78 is 0. The minimum Gasteiger partial charge on any atom is -0.504 e. The summed E-state index contributed by atoms with van der Waals surface area (Å²) in [6, 6.07) is 16.4. The number of fused-ring (bicyclic) bond motifs is 2. The van der Waals surface area contributed by atoms with Crippen LogP contribution < -0.4 is 0 Å². The van der Waals surface area contributed by atoms with E-state index in [0.717, 1.165) is 29.2 Å². The van der Waals surface area contributed by atoms with E-state index in [4.69, 9.17) is 0 Å². The third-order valence-electron chi connectivity index (χ3n) is 4.90. The Morgan fingerprint density at radius 2 is 1.36 bits per heavy atom. The van der Waals surface area contributed by atoms with Crippen LogP contribution in [0, 0.1) is 0 Å². The lowest BCUT2D eigenvalue weighted by Gasteiger charge is -2.21. The van der Waals surface area contributed by atoms with Crippen molar-refractivity contribution in [1.82, 2.24) is 0 Å². The Labute approximate surface area is 127 Å². The maximum Gasteiger partial charge on any atom is 0.165 e. The van der Waals surface area contributed by atoms with Crippen LogP contribution in [0.15, 0.2) is 48.5 Å². The van der Waals surface area contributed by atoms with Gasteiger partial charge >= 0.3 is 0 Å². The van der Waals surface area contributed by atoms with E-state index in [2.05, 4.69) is 36.4 Å². The molecule has 0 saturated carbocycles. The van der Waals surface area contributed by atoms with Crippen molar-refractivity contribution in [3.8, 4) is 11.5 Å². The molecule has 22 heavy (non-hydrogen) atoms. The molecule has 0 unspecified atom stereocenters. The van der Waals surface area contributed by atoms with E-state index in [1.165, 1.54) is 27.1 Å². The number of aryl methyl sites for hydroxylation is 2. The molecule has 0 aromatic heterocycles.